The molecule has 1 unspecified atom stereocenters. The Balaban J connectivity index is 2.26. The van der Waals surface area contributed by atoms with E-state index in [1.165, 1.54) is 23.8 Å². The van der Waals surface area contributed by atoms with E-state index < -0.39 is 0 Å². The molecule has 0 saturated heterocycles. The second kappa shape index (κ2) is 7.62. The highest BCUT2D eigenvalue weighted by Gasteiger charge is 2.17. The number of nitrogens with zero attached hydrogens (tertiary/aromatic N) is 1. The first-order chi connectivity index (χ1) is 10.2. The Morgan fingerprint density at radius 1 is 1.24 bits per heavy atom. The maximum absolute atomic E-state index is 6.05. The van der Waals surface area contributed by atoms with Crippen molar-refractivity contribution in [3.8, 4) is 0 Å². The van der Waals surface area contributed by atoms with E-state index in [2.05, 4.69) is 56.2 Å². The lowest BCUT2D eigenvalue weighted by Crippen LogP contribution is -2.28. The summed E-state index contributed by atoms with van der Waals surface area (Å²) in [5.41, 5.74) is 2.33. The fraction of sp³-hybridized carbons (Fsp3) is 0.556. The van der Waals surface area contributed by atoms with Gasteiger partial charge in [0.1, 0.15) is 11.3 Å². The molecule has 21 heavy (non-hydrogen) atoms. The summed E-state index contributed by atoms with van der Waals surface area (Å²) in [6, 6.07) is 8.95. The fourth-order valence-electron chi connectivity index (χ4n) is 2.75. The largest absolute Gasteiger partial charge is 0.459 e. The summed E-state index contributed by atoms with van der Waals surface area (Å²) in [5, 5.41) is 4.63. The van der Waals surface area contributed by atoms with Gasteiger partial charge in [-0.1, -0.05) is 38.5 Å². The van der Waals surface area contributed by atoms with E-state index in [1.807, 2.05) is 6.07 Å². The quantitative estimate of drug-likeness (QED) is 0.790. The van der Waals surface area contributed by atoms with E-state index in [-0.39, 0.29) is 0 Å². The molecule has 1 N–H and O–H groups in total. The molecule has 3 nitrogen and oxygen atoms in total. The van der Waals surface area contributed by atoms with Crippen LogP contribution in [0.15, 0.2) is 28.7 Å². The van der Waals surface area contributed by atoms with Crippen LogP contribution in [0.5, 0.6) is 0 Å². The molecule has 1 aromatic heterocycles. The van der Waals surface area contributed by atoms with E-state index in [0.29, 0.717) is 6.04 Å². The molecule has 3 heteroatoms. The highest BCUT2D eigenvalue weighted by Crippen LogP contribution is 2.27. The Bertz CT molecular complexity index is 561. The van der Waals surface area contributed by atoms with Crippen molar-refractivity contribution in [1.29, 1.82) is 0 Å². The Labute approximate surface area is 128 Å². The second-order valence-electron chi connectivity index (χ2n) is 5.83. The van der Waals surface area contributed by atoms with Crippen molar-refractivity contribution >= 4 is 11.0 Å². The van der Waals surface area contributed by atoms with Gasteiger partial charge in [-0.05, 0) is 33.0 Å². The summed E-state index contributed by atoms with van der Waals surface area (Å²) >= 11 is 0. The molecule has 2 aromatic rings. The number of furan rings is 1. The highest BCUT2D eigenvalue weighted by atomic mass is 16.3. The van der Waals surface area contributed by atoms with Gasteiger partial charge < -0.3 is 9.73 Å². The maximum atomic E-state index is 6.05. The zero-order valence-corrected chi connectivity index (χ0v) is 13.8. The molecule has 0 radical (unpaired) electrons. The van der Waals surface area contributed by atoms with Gasteiger partial charge in [-0.3, -0.25) is 4.90 Å². The first-order valence-corrected chi connectivity index (χ1v) is 8.07. The number of rotatable bonds is 8. The minimum atomic E-state index is 0.593. The molecular weight excluding hydrogens is 260 g/mol. The molecule has 0 amide bonds. The van der Waals surface area contributed by atoms with Crippen molar-refractivity contribution in [2.24, 2.45) is 0 Å². The fourth-order valence-corrected chi connectivity index (χ4v) is 2.75. The molecule has 0 aliphatic heterocycles. The molecular formula is C18H28N2O. The molecule has 0 saturated carbocycles. The van der Waals surface area contributed by atoms with Crippen molar-refractivity contribution in [2.45, 2.75) is 52.7 Å². The third-order valence-corrected chi connectivity index (χ3v) is 4.18. The summed E-state index contributed by atoms with van der Waals surface area (Å²) < 4.78 is 6.05. The Morgan fingerprint density at radius 3 is 2.71 bits per heavy atom. The van der Waals surface area contributed by atoms with Gasteiger partial charge in [0.25, 0.3) is 0 Å². The van der Waals surface area contributed by atoms with Gasteiger partial charge >= 0.3 is 0 Å². The lowest BCUT2D eigenvalue weighted by molar-refractivity contribution is 0.235. The van der Waals surface area contributed by atoms with Gasteiger partial charge in [-0.15, -0.1) is 0 Å². The van der Waals surface area contributed by atoms with Gasteiger partial charge in [0.15, 0.2) is 0 Å². The topological polar surface area (TPSA) is 28.4 Å². The van der Waals surface area contributed by atoms with Crippen LogP contribution in [0, 0.1) is 0 Å². The molecule has 1 atom stereocenters. The van der Waals surface area contributed by atoms with Crippen molar-refractivity contribution in [2.75, 3.05) is 13.6 Å². The maximum Gasteiger partial charge on any atom is 0.134 e. The van der Waals surface area contributed by atoms with Crippen molar-refractivity contribution in [3.05, 3.63) is 35.6 Å². The number of nitrogens with one attached hydrogen (secondary N) is 1. The number of para-hydroxylation sites is 1. The highest BCUT2D eigenvalue weighted by molar-refractivity contribution is 5.82. The van der Waals surface area contributed by atoms with Crippen LogP contribution >= 0.6 is 0 Å². The van der Waals surface area contributed by atoms with E-state index in [9.17, 15) is 0 Å². The van der Waals surface area contributed by atoms with Crippen LogP contribution < -0.4 is 5.32 Å². The normalized spacial score (nSPS) is 13.2. The standard InChI is InChI=1S/C18H28N2O/c1-5-9-14(3)20(4)13-16-15-10-7-8-11-17(15)21-18(16)12-19-6-2/h7-8,10-11,14,19H,5-6,9,12-13H2,1-4H3. The number of hydrogen-bond acceptors (Lipinski definition) is 3. The van der Waals surface area contributed by atoms with Crippen molar-refractivity contribution in [3.63, 3.8) is 0 Å². The van der Waals surface area contributed by atoms with Gasteiger partial charge in [-0.25, -0.2) is 0 Å². The Hall–Kier alpha value is -1.32. The lowest BCUT2D eigenvalue weighted by atomic mass is 10.1. The zero-order chi connectivity index (χ0) is 15.2. The Morgan fingerprint density at radius 2 is 2.00 bits per heavy atom. The molecule has 0 aliphatic rings. The molecule has 2 rings (SSSR count). The summed E-state index contributed by atoms with van der Waals surface area (Å²) in [6.45, 7) is 9.37. The lowest BCUT2D eigenvalue weighted by Gasteiger charge is -2.24. The third-order valence-electron chi connectivity index (χ3n) is 4.18. The average molecular weight is 288 g/mol. The van der Waals surface area contributed by atoms with Crippen LogP contribution in [-0.4, -0.2) is 24.5 Å². The van der Waals surface area contributed by atoms with Gasteiger partial charge in [0.2, 0.25) is 0 Å². The minimum Gasteiger partial charge on any atom is -0.459 e. The van der Waals surface area contributed by atoms with Gasteiger partial charge in [-0.2, -0.15) is 0 Å². The smallest absolute Gasteiger partial charge is 0.134 e. The van der Waals surface area contributed by atoms with Crippen molar-refractivity contribution in [1.82, 2.24) is 10.2 Å². The second-order valence-corrected chi connectivity index (χ2v) is 5.83. The molecule has 116 valence electrons. The monoisotopic (exact) mass is 288 g/mol. The summed E-state index contributed by atoms with van der Waals surface area (Å²) in [7, 11) is 2.21. The van der Waals surface area contributed by atoms with E-state index in [0.717, 1.165) is 31.0 Å². The van der Waals surface area contributed by atoms with Crippen molar-refractivity contribution < 1.29 is 4.42 Å². The molecule has 0 aliphatic carbocycles. The van der Waals surface area contributed by atoms with Crippen LogP contribution in [-0.2, 0) is 13.1 Å². The average Bonchev–Trinajstić information content (AvgIpc) is 2.83. The first-order valence-electron chi connectivity index (χ1n) is 8.07. The molecule has 0 bridgehead atoms. The van der Waals surface area contributed by atoms with E-state index in [1.54, 1.807) is 0 Å². The summed E-state index contributed by atoms with van der Waals surface area (Å²) in [5.74, 6) is 1.08. The van der Waals surface area contributed by atoms with Gasteiger partial charge in [0.05, 0.1) is 6.54 Å². The summed E-state index contributed by atoms with van der Waals surface area (Å²) in [6.07, 6.45) is 2.46. The number of hydrogen-bond donors (Lipinski definition) is 1. The third kappa shape index (κ3) is 3.86. The minimum absolute atomic E-state index is 0.593. The van der Waals surface area contributed by atoms with Crippen LogP contribution in [0.4, 0.5) is 0 Å². The van der Waals surface area contributed by atoms with Gasteiger partial charge in [0, 0.05) is 23.5 Å². The van der Waals surface area contributed by atoms with Crippen LogP contribution in [0.1, 0.15) is 44.9 Å². The molecule has 0 fully saturated rings. The van der Waals surface area contributed by atoms with Crippen LogP contribution in [0.3, 0.4) is 0 Å². The SMILES string of the molecule is CCCC(C)N(C)Cc1c(CNCC)oc2ccccc12. The van der Waals surface area contributed by atoms with Crippen LogP contribution in [0.2, 0.25) is 0 Å². The zero-order valence-electron chi connectivity index (χ0n) is 13.8. The number of fused-ring (bicyclic) bond motifs is 1. The Kier molecular flexibility index (Phi) is 5.83. The van der Waals surface area contributed by atoms with Crippen LogP contribution in [0.25, 0.3) is 11.0 Å². The number of benzene rings is 1. The molecule has 1 heterocycles. The van der Waals surface area contributed by atoms with E-state index in [4.69, 9.17) is 4.42 Å². The predicted octanol–water partition coefficient (Wildman–Crippen LogP) is 4.16. The predicted molar refractivity (Wildman–Crippen MR) is 89.4 cm³/mol. The first kappa shape index (κ1) is 16.1. The van der Waals surface area contributed by atoms with E-state index >= 15 is 0 Å². The molecule has 1 aromatic carbocycles. The molecule has 0 spiro atoms. The summed E-state index contributed by atoms with van der Waals surface area (Å²) in [4.78, 5) is 2.43.